The van der Waals surface area contributed by atoms with Crippen molar-refractivity contribution in [3.63, 3.8) is 0 Å². The van der Waals surface area contributed by atoms with E-state index in [1.807, 2.05) is 65.0 Å². The fraction of sp³-hybridized carbons (Fsp3) is 0.600. The van der Waals surface area contributed by atoms with Crippen LogP contribution < -0.4 is 0 Å². The van der Waals surface area contributed by atoms with Crippen LogP contribution in [0.3, 0.4) is 0 Å². The minimum absolute atomic E-state index is 0.128. The molecule has 1 aromatic carbocycles. The summed E-state index contributed by atoms with van der Waals surface area (Å²) in [7, 11) is -0.959. The largest absolute Gasteiger partial charge is 0.313 e. The Kier molecular flexibility index (Phi) is 5.71. The molecule has 4 heteroatoms. The molecule has 0 aromatic heterocycles. The highest BCUT2D eigenvalue weighted by atomic mass is 32.2. The van der Waals surface area contributed by atoms with E-state index in [-0.39, 0.29) is 11.3 Å². The van der Waals surface area contributed by atoms with Crippen LogP contribution in [0.25, 0.3) is 0 Å². The molecule has 1 rings (SSSR count). The Labute approximate surface area is 119 Å². The van der Waals surface area contributed by atoms with E-state index >= 15 is 0 Å². The third-order valence-corrected chi connectivity index (χ3v) is 4.89. The second-order valence-electron chi connectivity index (χ2n) is 5.75. The fourth-order valence-corrected chi connectivity index (χ4v) is 3.17. The van der Waals surface area contributed by atoms with Crippen molar-refractivity contribution in [3.8, 4) is 0 Å². The van der Waals surface area contributed by atoms with E-state index in [0.717, 1.165) is 5.56 Å². The zero-order valence-electron chi connectivity index (χ0n) is 12.5. The average Bonchev–Trinajstić information content (AvgIpc) is 2.38. The molecule has 19 heavy (non-hydrogen) atoms. The maximum atomic E-state index is 12.1. The van der Waals surface area contributed by atoms with Crippen molar-refractivity contribution in [1.82, 2.24) is 5.06 Å². The van der Waals surface area contributed by atoms with E-state index in [0.29, 0.717) is 5.75 Å². The quantitative estimate of drug-likeness (QED) is 0.842. The topological polar surface area (TPSA) is 40.5 Å². The molecule has 0 radical (unpaired) electrons. The lowest BCUT2D eigenvalue weighted by Crippen LogP contribution is -2.46. The predicted octanol–water partition coefficient (Wildman–Crippen LogP) is 3.37. The molecule has 3 unspecified atom stereocenters. The summed E-state index contributed by atoms with van der Waals surface area (Å²) >= 11 is 0. The van der Waals surface area contributed by atoms with Crippen molar-refractivity contribution in [1.29, 1.82) is 0 Å². The first-order chi connectivity index (χ1) is 8.79. The first-order valence-electron chi connectivity index (χ1n) is 6.69. The minimum Gasteiger partial charge on any atom is -0.313 e. The maximum absolute atomic E-state index is 12.1. The standard InChI is InChI=1S/C15H25NO2S/c1-6-19(18)12(2)14(16(17)15(3,4)5)13-10-8-7-9-11-13/h7-12,14,17H,6H2,1-5H3. The molecule has 0 saturated carbocycles. The normalized spacial score (nSPS) is 17.2. The zero-order chi connectivity index (χ0) is 14.6. The van der Waals surface area contributed by atoms with Crippen LogP contribution in [0.1, 0.15) is 46.2 Å². The molecule has 0 aliphatic heterocycles. The second-order valence-corrected chi connectivity index (χ2v) is 7.83. The van der Waals surface area contributed by atoms with E-state index in [4.69, 9.17) is 0 Å². The molecular weight excluding hydrogens is 258 g/mol. The molecular formula is C15H25NO2S. The summed E-state index contributed by atoms with van der Waals surface area (Å²) in [5.41, 5.74) is 0.599. The maximum Gasteiger partial charge on any atom is 0.0746 e. The predicted molar refractivity (Wildman–Crippen MR) is 80.7 cm³/mol. The Morgan fingerprint density at radius 2 is 1.79 bits per heavy atom. The molecule has 0 spiro atoms. The van der Waals surface area contributed by atoms with Crippen molar-refractivity contribution in [2.75, 3.05) is 5.75 Å². The van der Waals surface area contributed by atoms with Crippen LogP contribution >= 0.6 is 0 Å². The average molecular weight is 283 g/mol. The molecule has 0 fully saturated rings. The van der Waals surface area contributed by atoms with Gasteiger partial charge >= 0.3 is 0 Å². The SMILES string of the molecule is CCS(=O)C(C)C(c1ccccc1)N(O)C(C)(C)C. The van der Waals surface area contributed by atoms with Gasteiger partial charge in [0.1, 0.15) is 0 Å². The number of benzene rings is 1. The Bertz CT molecular complexity index is 414. The summed E-state index contributed by atoms with van der Waals surface area (Å²) in [6.45, 7) is 9.69. The van der Waals surface area contributed by atoms with Gasteiger partial charge in [0.05, 0.1) is 11.3 Å². The molecule has 0 amide bonds. The number of rotatable bonds is 5. The van der Waals surface area contributed by atoms with Crippen LogP contribution in [0, 0.1) is 0 Å². The van der Waals surface area contributed by atoms with Crippen LogP contribution in [0.15, 0.2) is 30.3 Å². The minimum atomic E-state index is -0.959. The Morgan fingerprint density at radius 1 is 1.26 bits per heavy atom. The Hall–Kier alpha value is -0.710. The van der Waals surface area contributed by atoms with Gasteiger partial charge in [-0.1, -0.05) is 37.3 Å². The molecule has 0 bridgehead atoms. The van der Waals surface area contributed by atoms with Gasteiger partial charge < -0.3 is 5.21 Å². The van der Waals surface area contributed by atoms with Crippen molar-refractivity contribution < 1.29 is 9.42 Å². The number of hydrogen-bond donors (Lipinski definition) is 1. The third-order valence-electron chi connectivity index (χ3n) is 3.24. The van der Waals surface area contributed by atoms with Gasteiger partial charge in [-0.3, -0.25) is 4.21 Å². The molecule has 0 heterocycles. The van der Waals surface area contributed by atoms with Crippen molar-refractivity contribution in [2.24, 2.45) is 0 Å². The molecule has 3 nitrogen and oxygen atoms in total. The van der Waals surface area contributed by atoms with Crippen molar-refractivity contribution in [3.05, 3.63) is 35.9 Å². The summed E-state index contributed by atoms with van der Waals surface area (Å²) in [4.78, 5) is 0. The molecule has 0 aliphatic rings. The number of hydroxylamine groups is 2. The zero-order valence-corrected chi connectivity index (χ0v) is 13.3. The summed E-state index contributed by atoms with van der Waals surface area (Å²) in [6.07, 6.45) is 0. The van der Waals surface area contributed by atoms with Crippen LogP contribution in [-0.2, 0) is 10.8 Å². The number of hydrogen-bond acceptors (Lipinski definition) is 3. The summed E-state index contributed by atoms with van der Waals surface area (Å²) in [5, 5.41) is 11.7. The lowest BCUT2D eigenvalue weighted by atomic mass is 9.99. The van der Waals surface area contributed by atoms with Gasteiger partial charge in [-0.15, -0.1) is 0 Å². The first-order valence-corrected chi connectivity index (χ1v) is 8.07. The van der Waals surface area contributed by atoms with Crippen LogP contribution in [0.4, 0.5) is 0 Å². The highest BCUT2D eigenvalue weighted by Crippen LogP contribution is 2.31. The van der Waals surface area contributed by atoms with E-state index < -0.39 is 16.3 Å². The molecule has 1 N–H and O–H groups in total. The molecule has 108 valence electrons. The second kappa shape index (κ2) is 6.64. The lowest BCUT2D eigenvalue weighted by molar-refractivity contribution is -0.188. The van der Waals surface area contributed by atoms with E-state index in [2.05, 4.69) is 0 Å². The van der Waals surface area contributed by atoms with Crippen LogP contribution in [0.2, 0.25) is 0 Å². The van der Waals surface area contributed by atoms with Crippen LogP contribution in [-0.4, -0.2) is 31.0 Å². The van der Waals surface area contributed by atoms with Gasteiger partial charge in [-0.25, -0.2) is 0 Å². The highest BCUT2D eigenvalue weighted by Gasteiger charge is 2.34. The van der Waals surface area contributed by atoms with E-state index in [9.17, 15) is 9.42 Å². The molecule has 0 aliphatic carbocycles. The van der Waals surface area contributed by atoms with E-state index in [1.54, 1.807) is 0 Å². The third kappa shape index (κ3) is 4.13. The monoisotopic (exact) mass is 283 g/mol. The van der Waals surface area contributed by atoms with Gasteiger partial charge in [0.25, 0.3) is 0 Å². The van der Waals surface area contributed by atoms with Gasteiger partial charge in [0.2, 0.25) is 0 Å². The van der Waals surface area contributed by atoms with Gasteiger partial charge in [0.15, 0.2) is 0 Å². The molecule has 1 aromatic rings. The Balaban J connectivity index is 3.15. The van der Waals surface area contributed by atoms with Crippen molar-refractivity contribution in [2.45, 2.75) is 51.4 Å². The van der Waals surface area contributed by atoms with E-state index in [1.165, 1.54) is 5.06 Å². The van der Waals surface area contributed by atoms with Gasteiger partial charge in [-0.05, 0) is 33.3 Å². The van der Waals surface area contributed by atoms with Crippen molar-refractivity contribution >= 4 is 10.8 Å². The lowest BCUT2D eigenvalue weighted by Gasteiger charge is -2.39. The van der Waals surface area contributed by atoms with Gasteiger partial charge in [0, 0.05) is 22.1 Å². The van der Waals surface area contributed by atoms with Gasteiger partial charge in [-0.2, -0.15) is 5.06 Å². The summed E-state index contributed by atoms with van der Waals surface area (Å²) in [6, 6.07) is 9.52. The fourth-order valence-electron chi connectivity index (χ4n) is 2.09. The smallest absolute Gasteiger partial charge is 0.0746 e. The molecule has 0 saturated heterocycles. The highest BCUT2D eigenvalue weighted by molar-refractivity contribution is 7.85. The first kappa shape index (κ1) is 16.3. The molecule has 3 atom stereocenters. The summed E-state index contributed by atoms with van der Waals surface area (Å²) < 4.78 is 12.1. The Morgan fingerprint density at radius 3 is 2.21 bits per heavy atom. The van der Waals surface area contributed by atoms with Crippen LogP contribution in [0.5, 0.6) is 0 Å². The number of nitrogens with zero attached hydrogens (tertiary/aromatic N) is 1. The summed E-state index contributed by atoms with van der Waals surface area (Å²) in [5.74, 6) is 0.600.